The van der Waals surface area contributed by atoms with Crippen molar-refractivity contribution in [3.63, 3.8) is 0 Å². The fourth-order valence-corrected chi connectivity index (χ4v) is 11.5. The van der Waals surface area contributed by atoms with Crippen molar-refractivity contribution < 1.29 is 4.42 Å². The Hall–Kier alpha value is -8.92. The van der Waals surface area contributed by atoms with Crippen LogP contribution in [0.1, 0.15) is 52.7 Å². The van der Waals surface area contributed by atoms with Crippen molar-refractivity contribution in [3.05, 3.63) is 254 Å². The van der Waals surface area contributed by atoms with Crippen molar-refractivity contribution in [2.45, 2.75) is 52.4 Å². The lowest BCUT2D eigenvalue weighted by Crippen LogP contribution is -2.16. The van der Waals surface area contributed by atoms with E-state index in [4.69, 9.17) is 4.42 Å². The van der Waals surface area contributed by atoms with Gasteiger partial charge >= 0.3 is 0 Å². The van der Waals surface area contributed by atoms with Gasteiger partial charge in [-0.3, -0.25) is 0 Å². The highest BCUT2D eigenvalue weighted by molar-refractivity contribution is 6.18. The Labute approximate surface area is 439 Å². The first-order valence-electron chi connectivity index (χ1n) is 26.2. The maximum atomic E-state index is 6.40. The molecule has 0 saturated heterocycles. The van der Waals surface area contributed by atoms with Gasteiger partial charge in [-0.15, -0.1) is 0 Å². The number of fused-ring (bicyclic) bond motifs is 7. The summed E-state index contributed by atoms with van der Waals surface area (Å²) < 4.78 is 8.81. The average Bonchev–Trinajstić information content (AvgIpc) is 4.05. The van der Waals surface area contributed by atoms with Gasteiger partial charge in [0.15, 0.2) is 0 Å². The summed E-state index contributed by atoms with van der Waals surface area (Å²) >= 11 is 0. The first kappa shape index (κ1) is 45.9. The molecule has 13 aromatic rings. The lowest BCUT2D eigenvalue weighted by molar-refractivity contribution is 0.569. The molecule has 0 fully saturated rings. The van der Waals surface area contributed by atoms with E-state index in [9.17, 15) is 0 Å². The van der Waals surface area contributed by atoms with Gasteiger partial charge in [0.25, 0.3) is 0 Å². The Bertz CT molecular complexity index is 4290. The number of hydrogen-bond acceptors (Lipinski definition) is 2. The molecule has 0 aliphatic carbocycles. The van der Waals surface area contributed by atoms with Crippen molar-refractivity contribution in [1.29, 1.82) is 0 Å². The van der Waals surface area contributed by atoms with Crippen LogP contribution in [0.5, 0.6) is 0 Å². The van der Waals surface area contributed by atoms with E-state index >= 15 is 0 Å². The quantitative estimate of drug-likeness (QED) is 0.151. The fourth-order valence-electron chi connectivity index (χ4n) is 11.5. The number of anilines is 3. The molecular weight excluding hydrogens is 909 g/mol. The van der Waals surface area contributed by atoms with Crippen LogP contribution in [0.3, 0.4) is 0 Å². The number of aromatic nitrogens is 1. The minimum atomic E-state index is -0.0344. The summed E-state index contributed by atoms with van der Waals surface area (Å²) in [7, 11) is 0. The molecule has 2 aromatic heterocycles. The van der Waals surface area contributed by atoms with Crippen LogP contribution in [-0.4, -0.2) is 4.57 Å². The van der Waals surface area contributed by atoms with Gasteiger partial charge in [0.05, 0.1) is 28.1 Å². The van der Waals surface area contributed by atoms with E-state index < -0.39 is 0 Å². The molecule has 0 spiro atoms. The maximum absolute atomic E-state index is 6.40. The standard InChI is InChI=1S/C72H58N2O/c1-71(2,3)50-43-49(44-51(46-50)72(4,5)6)54-32-20-23-47-24-21-33-58(69(47)54)55-28-11-16-36-63(55)74(62-35-15-10-27-53(62)48-41-42-68-61(45-48)57-30-14-19-40-67(57)75-68)64-37-17-12-29-56(64)59-34-22-39-66-70(59)60-31-13-18-38-65(60)73(66)52-25-8-7-9-26-52/h7-46H,1-6H3. The summed E-state index contributed by atoms with van der Waals surface area (Å²) in [6.07, 6.45) is 0. The lowest BCUT2D eigenvalue weighted by Gasteiger charge is -2.32. The van der Waals surface area contributed by atoms with Crippen LogP contribution >= 0.6 is 0 Å². The second kappa shape index (κ2) is 17.9. The van der Waals surface area contributed by atoms with Crippen molar-refractivity contribution in [2.75, 3.05) is 4.90 Å². The number of rotatable bonds is 8. The van der Waals surface area contributed by atoms with Crippen LogP contribution in [0.15, 0.2) is 247 Å². The van der Waals surface area contributed by atoms with E-state index in [1.54, 1.807) is 0 Å². The van der Waals surface area contributed by atoms with Gasteiger partial charge in [-0.25, -0.2) is 0 Å². The third-order valence-corrected chi connectivity index (χ3v) is 15.3. The molecule has 0 saturated carbocycles. The molecular formula is C72H58N2O. The molecule has 3 heteroatoms. The molecule has 0 bridgehead atoms. The summed E-state index contributed by atoms with van der Waals surface area (Å²) in [4.78, 5) is 2.53. The first-order valence-corrected chi connectivity index (χ1v) is 26.2. The fraction of sp³-hybridized carbons (Fsp3) is 0.111. The molecule has 0 aliphatic rings. The zero-order valence-electron chi connectivity index (χ0n) is 43.4. The van der Waals surface area contributed by atoms with Crippen LogP contribution in [0.2, 0.25) is 0 Å². The maximum Gasteiger partial charge on any atom is 0.135 e. The van der Waals surface area contributed by atoms with E-state index in [1.807, 2.05) is 6.07 Å². The predicted molar refractivity (Wildman–Crippen MR) is 319 cm³/mol. The van der Waals surface area contributed by atoms with E-state index in [2.05, 4.69) is 288 Å². The Morgan fingerprint density at radius 1 is 0.333 bits per heavy atom. The Balaban J connectivity index is 1.10. The molecule has 362 valence electrons. The topological polar surface area (TPSA) is 21.3 Å². The van der Waals surface area contributed by atoms with Crippen molar-refractivity contribution in [3.8, 4) is 50.2 Å². The zero-order valence-corrected chi connectivity index (χ0v) is 43.4. The number of furan rings is 1. The Morgan fingerprint density at radius 3 is 1.49 bits per heavy atom. The summed E-state index contributed by atoms with van der Waals surface area (Å²) in [6, 6.07) is 89.3. The van der Waals surface area contributed by atoms with Crippen LogP contribution in [0.25, 0.3) is 105 Å². The Morgan fingerprint density at radius 2 is 0.827 bits per heavy atom. The van der Waals surface area contributed by atoms with Gasteiger partial charge in [-0.05, 0) is 121 Å². The number of hydrogen-bond donors (Lipinski definition) is 0. The molecule has 0 unspecified atom stereocenters. The zero-order chi connectivity index (χ0) is 51.0. The molecule has 0 radical (unpaired) electrons. The highest BCUT2D eigenvalue weighted by Crippen LogP contribution is 2.51. The van der Waals surface area contributed by atoms with Gasteiger partial charge in [0.2, 0.25) is 0 Å². The lowest BCUT2D eigenvalue weighted by atomic mass is 9.78. The smallest absolute Gasteiger partial charge is 0.135 e. The van der Waals surface area contributed by atoms with Crippen LogP contribution in [-0.2, 0) is 10.8 Å². The molecule has 75 heavy (non-hydrogen) atoms. The Kier molecular flexibility index (Phi) is 11.0. The molecule has 0 atom stereocenters. The van der Waals surface area contributed by atoms with Gasteiger partial charge in [-0.1, -0.05) is 224 Å². The predicted octanol–water partition coefficient (Wildman–Crippen LogP) is 20.6. The van der Waals surface area contributed by atoms with Crippen molar-refractivity contribution in [2.24, 2.45) is 0 Å². The first-order chi connectivity index (χ1) is 36.5. The van der Waals surface area contributed by atoms with Gasteiger partial charge in [0, 0.05) is 43.9 Å². The normalized spacial score (nSPS) is 12.1. The number of benzene rings is 11. The van der Waals surface area contributed by atoms with E-state index in [-0.39, 0.29) is 10.8 Å². The minimum Gasteiger partial charge on any atom is -0.456 e. The summed E-state index contributed by atoms with van der Waals surface area (Å²) in [6.45, 7) is 13.9. The second-order valence-electron chi connectivity index (χ2n) is 22.1. The molecule has 3 nitrogen and oxygen atoms in total. The molecule has 0 N–H and O–H groups in total. The van der Waals surface area contributed by atoms with Gasteiger partial charge < -0.3 is 13.9 Å². The van der Waals surface area contributed by atoms with Crippen LogP contribution in [0.4, 0.5) is 17.1 Å². The summed E-state index contributed by atoms with van der Waals surface area (Å²) in [5, 5.41) is 7.07. The highest BCUT2D eigenvalue weighted by atomic mass is 16.3. The SMILES string of the molecule is CC(C)(C)c1cc(-c2cccc3cccc(-c4ccccc4N(c4ccccc4-c4ccc5oc6ccccc6c5c4)c4ccccc4-c4cccc5c4c4ccccc4n5-c4ccccc4)c23)cc(C(C)(C)C)c1. The molecule has 11 aromatic carbocycles. The van der Waals surface area contributed by atoms with Gasteiger partial charge in [0.1, 0.15) is 11.2 Å². The highest BCUT2D eigenvalue weighted by Gasteiger charge is 2.27. The molecule has 0 amide bonds. The van der Waals surface area contributed by atoms with Crippen molar-refractivity contribution in [1.82, 2.24) is 4.57 Å². The average molecular weight is 967 g/mol. The number of nitrogens with zero attached hydrogens (tertiary/aromatic N) is 2. The monoisotopic (exact) mass is 966 g/mol. The second-order valence-corrected chi connectivity index (χ2v) is 22.1. The van der Waals surface area contributed by atoms with E-state index in [0.29, 0.717) is 0 Å². The van der Waals surface area contributed by atoms with Crippen molar-refractivity contribution >= 4 is 71.6 Å². The van der Waals surface area contributed by atoms with Gasteiger partial charge in [-0.2, -0.15) is 0 Å². The largest absolute Gasteiger partial charge is 0.456 e. The third kappa shape index (κ3) is 7.90. The molecule has 2 heterocycles. The van der Waals surface area contributed by atoms with Crippen LogP contribution < -0.4 is 4.90 Å². The minimum absolute atomic E-state index is 0.0344. The molecule has 13 rings (SSSR count). The molecule has 0 aliphatic heterocycles. The summed E-state index contributed by atoms with van der Waals surface area (Å²) in [5.41, 5.74) is 20.4. The summed E-state index contributed by atoms with van der Waals surface area (Å²) in [5.74, 6) is 0. The van der Waals surface area contributed by atoms with E-state index in [0.717, 1.165) is 72.5 Å². The number of para-hydroxylation sites is 6. The van der Waals surface area contributed by atoms with Crippen LogP contribution in [0, 0.1) is 0 Å². The van der Waals surface area contributed by atoms with E-state index in [1.165, 1.54) is 60.4 Å². The third-order valence-electron chi connectivity index (χ3n) is 15.3.